The van der Waals surface area contributed by atoms with Crippen LogP contribution >= 0.6 is 23.4 Å². The van der Waals surface area contributed by atoms with Crippen LogP contribution in [0.25, 0.3) is 0 Å². The number of halogens is 1. The molecule has 3 rings (SSSR count). The van der Waals surface area contributed by atoms with Crippen LogP contribution < -0.4 is 4.90 Å². The molecule has 188 valence electrons. The standard InChI is InChI=1S/C23H33ClN4O5S/c1-23(2,3)15(10-19(29)33-14-8-6-7-9-14)20(30)28-13-27(12-16(28)21(31)32-4)18-11-17(24)25-22(26-18)34-5/h11,14-16H,6-10,12-13H2,1-5H3/t15-,16+/m1/s1. The van der Waals surface area contributed by atoms with Gasteiger partial charge in [-0.25, -0.2) is 14.8 Å². The molecule has 2 fully saturated rings. The van der Waals surface area contributed by atoms with Gasteiger partial charge in [-0.3, -0.25) is 9.59 Å². The zero-order valence-corrected chi connectivity index (χ0v) is 21.9. The zero-order valence-electron chi connectivity index (χ0n) is 20.4. The molecule has 1 saturated heterocycles. The van der Waals surface area contributed by atoms with Gasteiger partial charge >= 0.3 is 11.9 Å². The van der Waals surface area contributed by atoms with E-state index in [2.05, 4.69) is 9.97 Å². The summed E-state index contributed by atoms with van der Waals surface area (Å²) >= 11 is 7.50. The normalized spacial score (nSPS) is 19.9. The van der Waals surface area contributed by atoms with Crippen LogP contribution in [0.15, 0.2) is 11.2 Å². The van der Waals surface area contributed by atoms with Crippen molar-refractivity contribution in [3.63, 3.8) is 0 Å². The molecule has 0 spiro atoms. The number of nitrogens with zero attached hydrogens (tertiary/aromatic N) is 4. The van der Waals surface area contributed by atoms with E-state index < -0.39 is 23.3 Å². The second-order valence-corrected chi connectivity index (χ2v) is 10.9. The molecule has 2 heterocycles. The summed E-state index contributed by atoms with van der Waals surface area (Å²) in [5, 5.41) is 0.764. The highest BCUT2D eigenvalue weighted by atomic mass is 35.5. The van der Waals surface area contributed by atoms with Gasteiger partial charge in [-0.15, -0.1) is 0 Å². The Labute approximate surface area is 209 Å². The number of carbonyl (C=O) groups excluding carboxylic acids is 3. The summed E-state index contributed by atoms with van der Waals surface area (Å²) in [6.45, 7) is 6.05. The highest BCUT2D eigenvalue weighted by molar-refractivity contribution is 7.98. The Kier molecular flexibility index (Phi) is 8.67. The molecule has 2 atom stereocenters. The van der Waals surface area contributed by atoms with E-state index in [9.17, 15) is 14.4 Å². The van der Waals surface area contributed by atoms with Crippen molar-refractivity contribution in [1.82, 2.24) is 14.9 Å². The van der Waals surface area contributed by atoms with Gasteiger partial charge in [0.15, 0.2) is 5.16 Å². The average Bonchev–Trinajstić information content (AvgIpc) is 3.45. The fourth-order valence-corrected chi connectivity index (χ4v) is 4.99. The molecule has 0 N–H and O–H groups in total. The largest absolute Gasteiger partial charge is 0.467 e. The number of methoxy groups -OCH3 is 1. The Morgan fingerprint density at radius 2 is 1.91 bits per heavy atom. The van der Waals surface area contributed by atoms with Crippen molar-refractivity contribution < 1.29 is 23.9 Å². The second kappa shape index (κ2) is 11.1. The zero-order chi connectivity index (χ0) is 25.0. The van der Waals surface area contributed by atoms with Crippen LogP contribution in [0.4, 0.5) is 5.82 Å². The molecule has 1 aliphatic carbocycles. The van der Waals surface area contributed by atoms with Crippen LogP contribution in [0.1, 0.15) is 52.9 Å². The fraction of sp³-hybridized carbons (Fsp3) is 0.696. The summed E-state index contributed by atoms with van der Waals surface area (Å²) in [7, 11) is 1.29. The monoisotopic (exact) mass is 512 g/mol. The molecule has 0 radical (unpaired) electrons. The summed E-state index contributed by atoms with van der Waals surface area (Å²) in [5.41, 5.74) is -0.524. The lowest BCUT2D eigenvalue weighted by Gasteiger charge is -2.34. The molecule has 1 aliphatic heterocycles. The smallest absolute Gasteiger partial charge is 0.330 e. The van der Waals surface area contributed by atoms with E-state index in [-0.39, 0.29) is 42.8 Å². The number of rotatable bonds is 7. The lowest BCUT2D eigenvalue weighted by atomic mass is 9.77. The number of aromatic nitrogens is 2. The molecular weight excluding hydrogens is 480 g/mol. The predicted octanol–water partition coefficient (Wildman–Crippen LogP) is 3.54. The molecule has 1 aromatic heterocycles. The van der Waals surface area contributed by atoms with Gasteiger partial charge in [0.25, 0.3) is 0 Å². The van der Waals surface area contributed by atoms with Crippen LogP contribution in [-0.2, 0) is 23.9 Å². The van der Waals surface area contributed by atoms with E-state index in [1.54, 1.807) is 11.0 Å². The minimum absolute atomic E-state index is 0.0425. The van der Waals surface area contributed by atoms with Crippen molar-refractivity contribution in [2.45, 2.75) is 70.2 Å². The molecule has 11 heteroatoms. The van der Waals surface area contributed by atoms with Crippen LogP contribution in [0, 0.1) is 11.3 Å². The SMILES string of the molecule is COC(=O)[C@@H]1CN(c2cc(Cl)nc(SC)n2)CN1C(=O)[C@@H](CC(=O)OC1CCCC1)C(C)(C)C. The lowest BCUT2D eigenvalue weighted by molar-refractivity contribution is -0.158. The molecule has 1 amide bonds. The number of amides is 1. The van der Waals surface area contributed by atoms with Crippen molar-refractivity contribution in [2.75, 3.05) is 31.5 Å². The fourth-order valence-electron chi connectivity index (χ4n) is 4.38. The van der Waals surface area contributed by atoms with Gasteiger partial charge in [-0.05, 0) is 37.4 Å². The van der Waals surface area contributed by atoms with E-state index in [0.29, 0.717) is 11.0 Å². The van der Waals surface area contributed by atoms with E-state index in [1.165, 1.54) is 23.8 Å². The summed E-state index contributed by atoms with van der Waals surface area (Å²) in [6.07, 6.45) is 5.56. The maximum Gasteiger partial charge on any atom is 0.330 e. The molecule has 2 aliphatic rings. The first kappa shape index (κ1) is 26.5. The minimum atomic E-state index is -0.834. The maximum absolute atomic E-state index is 13.8. The molecule has 34 heavy (non-hydrogen) atoms. The van der Waals surface area contributed by atoms with Crippen molar-refractivity contribution in [2.24, 2.45) is 11.3 Å². The molecule has 1 saturated carbocycles. The maximum atomic E-state index is 13.8. The quantitative estimate of drug-likeness (QED) is 0.235. The van der Waals surface area contributed by atoms with E-state index >= 15 is 0 Å². The van der Waals surface area contributed by atoms with Crippen LogP contribution in [0.5, 0.6) is 0 Å². The number of hydrogen-bond acceptors (Lipinski definition) is 9. The molecular formula is C23H33ClN4O5S. The van der Waals surface area contributed by atoms with Crippen LogP contribution in [0.3, 0.4) is 0 Å². The van der Waals surface area contributed by atoms with Gasteiger partial charge in [-0.1, -0.05) is 44.1 Å². The number of thioether (sulfide) groups is 1. The topological polar surface area (TPSA) is 102 Å². The van der Waals surface area contributed by atoms with Gasteiger partial charge in [-0.2, -0.15) is 0 Å². The molecule has 1 aromatic rings. The summed E-state index contributed by atoms with van der Waals surface area (Å²) < 4.78 is 10.6. The minimum Gasteiger partial charge on any atom is -0.467 e. The first-order chi connectivity index (χ1) is 16.0. The highest BCUT2D eigenvalue weighted by Crippen LogP contribution is 2.34. The third-order valence-corrected chi connectivity index (χ3v) is 7.07. The van der Waals surface area contributed by atoms with Crippen molar-refractivity contribution in [3.8, 4) is 0 Å². The van der Waals surface area contributed by atoms with Crippen molar-refractivity contribution in [1.29, 1.82) is 0 Å². The van der Waals surface area contributed by atoms with Crippen molar-refractivity contribution in [3.05, 3.63) is 11.2 Å². The Hall–Kier alpha value is -2.07. The number of hydrogen-bond donors (Lipinski definition) is 0. The van der Waals surface area contributed by atoms with Crippen LogP contribution in [0.2, 0.25) is 5.15 Å². The first-order valence-corrected chi connectivity index (χ1v) is 13.0. The third-order valence-electron chi connectivity index (χ3n) is 6.33. The molecule has 0 aromatic carbocycles. The Balaban J connectivity index is 1.83. The van der Waals surface area contributed by atoms with E-state index in [0.717, 1.165) is 25.7 Å². The molecule has 0 unspecified atom stereocenters. The second-order valence-electron chi connectivity index (χ2n) is 9.77. The van der Waals surface area contributed by atoms with E-state index in [1.807, 2.05) is 27.0 Å². The number of ether oxygens (including phenoxy) is 2. The average molecular weight is 513 g/mol. The van der Waals surface area contributed by atoms with Gasteiger partial charge in [0.2, 0.25) is 5.91 Å². The predicted molar refractivity (Wildman–Crippen MR) is 130 cm³/mol. The molecule has 9 nitrogen and oxygen atoms in total. The first-order valence-electron chi connectivity index (χ1n) is 11.4. The Morgan fingerprint density at radius 1 is 1.24 bits per heavy atom. The van der Waals surface area contributed by atoms with Crippen molar-refractivity contribution >= 4 is 47.0 Å². The highest BCUT2D eigenvalue weighted by Gasteiger charge is 2.45. The van der Waals surface area contributed by atoms with Crippen LogP contribution in [-0.4, -0.2) is 71.4 Å². The lowest BCUT2D eigenvalue weighted by Crippen LogP contribution is -2.48. The number of carbonyl (C=O) groups is 3. The summed E-state index contributed by atoms with van der Waals surface area (Å²) in [6, 6.07) is 0.767. The Bertz CT molecular complexity index is 919. The van der Waals surface area contributed by atoms with E-state index in [4.69, 9.17) is 21.1 Å². The third kappa shape index (κ3) is 6.33. The van der Waals surface area contributed by atoms with Gasteiger partial charge in [0.1, 0.15) is 23.1 Å². The molecule has 0 bridgehead atoms. The Morgan fingerprint density at radius 3 is 2.50 bits per heavy atom. The van der Waals surface area contributed by atoms with Gasteiger partial charge in [0, 0.05) is 6.07 Å². The summed E-state index contributed by atoms with van der Waals surface area (Å²) in [4.78, 5) is 51.0. The van der Waals surface area contributed by atoms with Gasteiger partial charge < -0.3 is 19.3 Å². The summed E-state index contributed by atoms with van der Waals surface area (Å²) in [5.74, 6) is -1.34. The number of anilines is 1. The van der Waals surface area contributed by atoms with Gasteiger partial charge in [0.05, 0.1) is 32.7 Å². The number of esters is 2.